The predicted octanol–water partition coefficient (Wildman–Crippen LogP) is 19.3. The van der Waals surface area contributed by atoms with Gasteiger partial charge in [-0.15, -0.1) is 0 Å². The van der Waals surface area contributed by atoms with E-state index in [0.29, 0.717) is 24.0 Å². The van der Waals surface area contributed by atoms with Gasteiger partial charge in [0.2, 0.25) is 0 Å². The monoisotopic (exact) mass is 1010 g/mol. The molecule has 74 heavy (non-hydrogen) atoms. The molecular formula is C66H96N2O6. The Morgan fingerprint density at radius 3 is 0.959 bits per heavy atom. The van der Waals surface area contributed by atoms with Crippen LogP contribution in [0.4, 0.5) is 11.4 Å². The second-order valence-electron chi connectivity index (χ2n) is 20.6. The van der Waals surface area contributed by atoms with Gasteiger partial charge in [0.1, 0.15) is 11.5 Å². The van der Waals surface area contributed by atoms with Gasteiger partial charge in [-0.3, -0.25) is 9.98 Å². The van der Waals surface area contributed by atoms with Gasteiger partial charge in [-0.05, 0) is 116 Å². The van der Waals surface area contributed by atoms with Crippen molar-refractivity contribution in [2.75, 3.05) is 26.4 Å². The molecule has 0 aliphatic heterocycles. The lowest BCUT2D eigenvalue weighted by Gasteiger charge is -2.12. The molecule has 0 amide bonds. The van der Waals surface area contributed by atoms with Gasteiger partial charge in [0, 0.05) is 12.4 Å². The Hall–Kier alpha value is -5.24. The minimum absolute atomic E-state index is 0.205. The van der Waals surface area contributed by atoms with Crippen LogP contribution in [0.5, 0.6) is 11.5 Å². The van der Waals surface area contributed by atoms with Gasteiger partial charge in [0.25, 0.3) is 0 Å². The number of ether oxygens (including phenoxy) is 4. The van der Waals surface area contributed by atoms with Crippen LogP contribution in [0.25, 0.3) is 0 Å². The molecule has 0 aromatic heterocycles. The van der Waals surface area contributed by atoms with E-state index in [1.165, 1.54) is 167 Å². The van der Waals surface area contributed by atoms with Crippen molar-refractivity contribution in [1.82, 2.24) is 0 Å². The summed E-state index contributed by atoms with van der Waals surface area (Å²) < 4.78 is 23.1. The van der Waals surface area contributed by atoms with Gasteiger partial charge in [-0.2, -0.15) is 0 Å². The van der Waals surface area contributed by atoms with Gasteiger partial charge >= 0.3 is 11.9 Å². The van der Waals surface area contributed by atoms with Gasteiger partial charge in [-0.25, -0.2) is 9.59 Å². The van der Waals surface area contributed by atoms with Gasteiger partial charge in [0.05, 0.1) is 48.9 Å². The molecule has 0 aliphatic carbocycles. The molecule has 406 valence electrons. The second-order valence-corrected chi connectivity index (χ2v) is 20.6. The zero-order valence-electron chi connectivity index (χ0n) is 46.4. The van der Waals surface area contributed by atoms with E-state index in [9.17, 15) is 9.59 Å². The number of nitrogens with zero attached hydrogens (tertiary/aromatic N) is 2. The number of carbonyl (C=O) groups is 2. The quantitative estimate of drug-likeness (QED) is 0.0249. The van der Waals surface area contributed by atoms with Crippen LogP contribution in [0.3, 0.4) is 0 Å². The highest BCUT2D eigenvalue weighted by Crippen LogP contribution is 2.22. The molecule has 0 heterocycles. The first kappa shape index (κ1) is 61.3. The van der Waals surface area contributed by atoms with Crippen molar-refractivity contribution in [2.24, 2.45) is 15.9 Å². The standard InChI is InChI=1S/C66H96N2O6/c1-4-6-8-10-12-14-16-18-20-22-24-26-28-30-50-71-63-44-40-61(41-45-63)67-54-57-32-36-59(37-33-57)65(69)73-52-48-56(3)49-53-74-66(70)60-38-34-58(35-39-60)55-68-62-42-46-64(47-43-62)72-51-31-29-27-25-23-21-19-17-15-13-11-9-7-5-2/h32-47,54-56H,4-31,48-53H2,1-3H3. The average molecular weight is 1010 g/mol. The van der Waals surface area contributed by atoms with Crippen LogP contribution >= 0.6 is 0 Å². The summed E-state index contributed by atoms with van der Waals surface area (Å²) in [6, 6.07) is 30.2. The van der Waals surface area contributed by atoms with Crippen molar-refractivity contribution in [3.63, 3.8) is 0 Å². The Bertz CT molecular complexity index is 1910. The molecular weight excluding hydrogens is 917 g/mol. The lowest BCUT2D eigenvalue weighted by atomic mass is 10.0. The summed E-state index contributed by atoms with van der Waals surface area (Å²) in [5.41, 5.74) is 4.44. The molecule has 0 N–H and O–H groups in total. The van der Waals surface area contributed by atoms with E-state index >= 15 is 0 Å². The molecule has 0 saturated carbocycles. The Morgan fingerprint density at radius 2 is 0.662 bits per heavy atom. The number of benzene rings is 4. The number of hydrogen-bond acceptors (Lipinski definition) is 8. The maximum absolute atomic E-state index is 12.7. The lowest BCUT2D eigenvalue weighted by molar-refractivity contribution is 0.0449. The highest BCUT2D eigenvalue weighted by atomic mass is 16.5. The fourth-order valence-corrected chi connectivity index (χ4v) is 8.96. The SMILES string of the molecule is CCCCCCCCCCCCCCCCOc1ccc(N=Cc2ccc(C(=O)OCCC(C)CCOC(=O)c3ccc(C=Nc4ccc(OCCCCCCCCCCCCCCCC)cc4)cc3)cc2)cc1. The third-order valence-electron chi connectivity index (χ3n) is 13.9. The fraction of sp³-hybridized carbons (Fsp3) is 0.576. The second kappa shape index (κ2) is 41.1. The minimum atomic E-state index is -0.362. The van der Waals surface area contributed by atoms with E-state index in [2.05, 4.69) is 30.8 Å². The summed E-state index contributed by atoms with van der Waals surface area (Å²) in [4.78, 5) is 34.7. The van der Waals surface area contributed by atoms with Crippen molar-refractivity contribution in [2.45, 2.75) is 213 Å². The number of rotatable bonds is 44. The highest BCUT2D eigenvalue weighted by molar-refractivity contribution is 5.92. The van der Waals surface area contributed by atoms with Crippen LogP contribution < -0.4 is 9.47 Å². The summed E-state index contributed by atoms with van der Waals surface area (Å²) in [5.74, 6) is 1.22. The van der Waals surface area contributed by atoms with Crippen molar-refractivity contribution in [1.29, 1.82) is 0 Å². The normalized spacial score (nSPS) is 11.9. The average Bonchev–Trinajstić information content (AvgIpc) is 3.42. The third kappa shape index (κ3) is 29.6. The molecule has 0 spiro atoms. The molecule has 0 radical (unpaired) electrons. The third-order valence-corrected chi connectivity index (χ3v) is 13.9. The first-order valence-corrected chi connectivity index (χ1v) is 29.5. The van der Waals surface area contributed by atoms with E-state index in [1.54, 1.807) is 36.7 Å². The Labute approximate surface area is 448 Å². The highest BCUT2D eigenvalue weighted by Gasteiger charge is 2.12. The number of carbonyl (C=O) groups excluding carboxylic acids is 2. The van der Waals surface area contributed by atoms with Crippen LogP contribution in [0.1, 0.15) is 245 Å². The van der Waals surface area contributed by atoms with E-state index in [4.69, 9.17) is 18.9 Å². The van der Waals surface area contributed by atoms with Crippen LogP contribution in [0.2, 0.25) is 0 Å². The van der Waals surface area contributed by atoms with Crippen molar-refractivity contribution in [3.8, 4) is 11.5 Å². The van der Waals surface area contributed by atoms with E-state index in [0.717, 1.165) is 60.1 Å². The fourth-order valence-electron chi connectivity index (χ4n) is 8.96. The maximum Gasteiger partial charge on any atom is 0.338 e. The Kier molecular flexibility index (Phi) is 34.0. The van der Waals surface area contributed by atoms with E-state index < -0.39 is 0 Å². The van der Waals surface area contributed by atoms with Crippen LogP contribution in [-0.2, 0) is 9.47 Å². The summed E-state index contributed by atoms with van der Waals surface area (Å²) in [7, 11) is 0. The molecule has 4 aromatic rings. The first-order valence-electron chi connectivity index (χ1n) is 29.5. The van der Waals surface area contributed by atoms with Crippen molar-refractivity contribution < 1.29 is 28.5 Å². The molecule has 0 aliphatic rings. The molecule has 4 aromatic carbocycles. The molecule has 0 saturated heterocycles. The number of hydrogen-bond donors (Lipinski definition) is 0. The number of esters is 2. The molecule has 0 atom stereocenters. The lowest BCUT2D eigenvalue weighted by Crippen LogP contribution is -2.12. The smallest absolute Gasteiger partial charge is 0.338 e. The van der Waals surface area contributed by atoms with E-state index in [1.807, 2.05) is 72.8 Å². The minimum Gasteiger partial charge on any atom is -0.494 e. The molecule has 4 rings (SSSR count). The van der Waals surface area contributed by atoms with Gasteiger partial charge < -0.3 is 18.9 Å². The number of unbranched alkanes of at least 4 members (excludes halogenated alkanes) is 26. The zero-order valence-corrected chi connectivity index (χ0v) is 46.4. The van der Waals surface area contributed by atoms with Gasteiger partial charge in [0.15, 0.2) is 0 Å². The maximum atomic E-state index is 12.7. The molecule has 8 nitrogen and oxygen atoms in total. The van der Waals surface area contributed by atoms with Crippen LogP contribution in [0.15, 0.2) is 107 Å². The molecule has 0 bridgehead atoms. The first-order chi connectivity index (χ1) is 36.4. The van der Waals surface area contributed by atoms with Crippen LogP contribution in [0, 0.1) is 5.92 Å². The summed E-state index contributed by atoms with van der Waals surface area (Å²) >= 11 is 0. The number of aliphatic imine (C=N–C) groups is 2. The van der Waals surface area contributed by atoms with Crippen molar-refractivity contribution in [3.05, 3.63) is 119 Å². The summed E-state index contributed by atoms with van der Waals surface area (Å²) in [5, 5.41) is 0. The Balaban J connectivity index is 0.981. The molecule has 0 unspecified atom stereocenters. The van der Waals surface area contributed by atoms with Crippen molar-refractivity contribution >= 4 is 35.7 Å². The van der Waals surface area contributed by atoms with Gasteiger partial charge in [-0.1, -0.05) is 212 Å². The largest absolute Gasteiger partial charge is 0.494 e. The predicted molar refractivity (Wildman–Crippen MR) is 311 cm³/mol. The summed E-state index contributed by atoms with van der Waals surface area (Å²) in [6.45, 7) is 8.69. The molecule has 0 fully saturated rings. The van der Waals surface area contributed by atoms with E-state index in [-0.39, 0.29) is 31.1 Å². The topological polar surface area (TPSA) is 95.8 Å². The zero-order chi connectivity index (χ0) is 52.4. The molecule has 8 heteroatoms. The van der Waals surface area contributed by atoms with Crippen LogP contribution in [-0.4, -0.2) is 50.8 Å². The Morgan fingerprint density at radius 1 is 0.378 bits per heavy atom. The summed E-state index contributed by atoms with van der Waals surface area (Å²) in [6.07, 6.45) is 42.7.